The zero-order valence-electron chi connectivity index (χ0n) is 9.73. The third kappa shape index (κ3) is 1.95. The summed E-state index contributed by atoms with van der Waals surface area (Å²) in [6.07, 6.45) is -2.06. The first-order chi connectivity index (χ1) is 9.00. The molecule has 4 atom stereocenters. The van der Waals surface area contributed by atoms with Gasteiger partial charge in [-0.1, -0.05) is 11.6 Å². The normalized spacial score (nSPS) is 31.2. The minimum atomic E-state index is -1.08. The molecule has 0 saturated carbocycles. The molecule has 102 valence electrons. The summed E-state index contributed by atoms with van der Waals surface area (Å²) in [5.74, 6) is 0. The zero-order valence-corrected chi connectivity index (χ0v) is 12.1. The van der Waals surface area contributed by atoms with Gasteiger partial charge in [-0.2, -0.15) is 5.10 Å². The van der Waals surface area contributed by atoms with Gasteiger partial charge < -0.3 is 14.9 Å². The van der Waals surface area contributed by atoms with Crippen LogP contribution in [0.2, 0.25) is 5.15 Å². The van der Waals surface area contributed by atoms with E-state index in [0.717, 1.165) is 0 Å². The zero-order chi connectivity index (χ0) is 13.7. The average molecular weight is 350 g/mol. The summed E-state index contributed by atoms with van der Waals surface area (Å²) in [5.41, 5.74) is 0.428. The Balaban J connectivity index is 2.14. The van der Waals surface area contributed by atoms with Crippen molar-refractivity contribution >= 4 is 38.6 Å². The molecular formula is C10H10BrClN4O3. The van der Waals surface area contributed by atoms with Gasteiger partial charge in [0.2, 0.25) is 0 Å². The number of nitrogens with zero attached hydrogens (tertiary/aromatic N) is 4. The Hall–Kier alpha value is -0.800. The topological polar surface area (TPSA) is 93.3 Å². The third-order valence-electron chi connectivity index (χ3n) is 3.12. The summed E-state index contributed by atoms with van der Waals surface area (Å²) in [6.45, 7) is 1.68. The highest BCUT2D eigenvalue weighted by atomic mass is 79.9. The van der Waals surface area contributed by atoms with Crippen molar-refractivity contribution in [3.05, 3.63) is 16.1 Å². The Labute approximate surface area is 121 Å². The summed E-state index contributed by atoms with van der Waals surface area (Å²) in [6, 6.07) is 0. The van der Waals surface area contributed by atoms with E-state index in [-0.39, 0.29) is 5.15 Å². The predicted molar refractivity (Wildman–Crippen MR) is 69.6 cm³/mol. The van der Waals surface area contributed by atoms with E-state index in [4.69, 9.17) is 16.3 Å². The summed E-state index contributed by atoms with van der Waals surface area (Å²) in [7, 11) is 0. The minimum absolute atomic E-state index is 0.254. The lowest BCUT2D eigenvalue weighted by Gasteiger charge is -2.15. The summed E-state index contributed by atoms with van der Waals surface area (Å²) in [5, 5.41) is 24.7. The van der Waals surface area contributed by atoms with Crippen LogP contribution in [0.4, 0.5) is 0 Å². The van der Waals surface area contributed by atoms with Crippen LogP contribution < -0.4 is 0 Å². The number of aliphatic hydroxyl groups excluding tert-OH is 2. The number of fused-ring (bicyclic) bond motifs is 1. The Kier molecular flexibility index (Phi) is 3.22. The number of aromatic nitrogens is 4. The number of aliphatic hydroxyl groups is 2. The molecule has 19 heavy (non-hydrogen) atoms. The van der Waals surface area contributed by atoms with E-state index in [1.807, 2.05) is 0 Å². The van der Waals surface area contributed by atoms with Crippen molar-refractivity contribution in [1.29, 1.82) is 0 Å². The quantitative estimate of drug-likeness (QED) is 0.743. The monoisotopic (exact) mass is 348 g/mol. The number of halogens is 2. The summed E-state index contributed by atoms with van der Waals surface area (Å²) < 4.78 is 7.36. The molecule has 0 radical (unpaired) electrons. The number of hydrogen-bond donors (Lipinski definition) is 2. The first-order valence-corrected chi connectivity index (χ1v) is 6.73. The van der Waals surface area contributed by atoms with Gasteiger partial charge in [0.05, 0.1) is 11.5 Å². The molecule has 7 nitrogen and oxygen atoms in total. The van der Waals surface area contributed by atoms with Gasteiger partial charge in [-0.25, -0.2) is 14.6 Å². The van der Waals surface area contributed by atoms with Gasteiger partial charge in [0.1, 0.15) is 28.3 Å². The molecule has 0 bridgehead atoms. The fourth-order valence-electron chi connectivity index (χ4n) is 2.11. The molecule has 9 heteroatoms. The maximum atomic E-state index is 9.99. The molecule has 2 aromatic rings. The molecule has 0 aromatic carbocycles. The van der Waals surface area contributed by atoms with Crippen LogP contribution >= 0.6 is 27.5 Å². The van der Waals surface area contributed by atoms with Gasteiger partial charge in [0.15, 0.2) is 11.9 Å². The van der Waals surface area contributed by atoms with E-state index in [0.29, 0.717) is 15.6 Å². The molecular weight excluding hydrogens is 339 g/mol. The van der Waals surface area contributed by atoms with E-state index < -0.39 is 24.5 Å². The van der Waals surface area contributed by atoms with E-state index in [1.165, 1.54) is 11.0 Å². The van der Waals surface area contributed by atoms with Crippen LogP contribution in [0.1, 0.15) is 13.2 Å². The van der Waals surface area contributed by atoms with E-state index in [2.05, 4.69) is 31.0 Å². The Morgan fingerprint density at radius 3 is 2.74 bits per heavy atom. The van der Waals surface area contributed by atoms with Crippen LogP contribution in [-0.2, 0) is 4.74 Å². The molecule has 0 amide bonds. The predicted octanol–water partition coefficient (Wildman–Crippen LogP) is 0.881. The first-order valence-electron chi connectivity index (χ1n) is 5.56. The summed E-state index contributed by atoms with van der Waals surface area (Å²) in [4.78, 5) is 7.97. The van der Waals surface area contributed by atoms with Crippen molar-refractivity contribution in [3.8, 4) is 0 Å². The van der Waals surface area contributed by atoms with E-state index in [9.17, 15) is 10.2 Å². The highest BCUT2D eigenvalue weighted by molar-refractivity contribution is 9.10. The van der Waals surface area contributed by atoms with Crippen LogP contribution in [0.15, 0.2) is 10.9 Å². The van der Waals surface area contributed by atoms with Crippen molar-refractivity contribution < 1.29 is 14.9 Å². The second-order valence-electron chi connectivity index (χ2n) is 4.31. The third-order valence-corrected chi connectivity index (χ3v) is 3.96. The minimum Gasteiger partial charge on any atom is -0.388 e. The van der Waals surface area contributed by atoms with Crippen molar-refractivity contribution in [2.24, 2.45) is 0 Å². The molecule has 0 aliphatic carbocycles. The molecule has 1 aliphatic heterocycles. The highest BCUT2D eigenvalue weighted by Gasteiger charge is 2.42. The molecule has 0 spiro atoms. The largest absolute Gasteiger partial charge is 0.388 e. The van der Waals surface area contributed by atoms with Gasteiger partial charge in [0, 0.05) is 0 Å². The first kappa shape index (κ1) is 13.2. The second-order valence-corrected chi connectivity index (χ2v) is 5.42. The van der Waals surface area contributed by atoms with Crippen LogP contribution in [0, 0.1) is 0 Å². The SMILES string of the molecule is C[C@H]1O[C@@H](n2nc(Br)c3c(Cl)ncnc32)[C@@H](O)[C@H]1O. The smallest absolute Gasteiger partial charge is 0.181 e. The second kappa shape index (κ2) is 4.64. The van der Waals surface area contributed by atoms with Crippen LogP contribution in [0.5, 0.6) is 0 Å². The molecule has 3 heterocycles. The van der Waals surface area contributed by atoms with Crippen LogP contribution in [0.3, 0.4) is 0 Å². The molecule has 1 saturated heterocycles. The van der Waals surface area contributed by atoms with Gasteiger partial charge in [-0.3, -0.25) is 0 Å². The lowest BCUT2D eigenvalue weighted by atomic mass is 10.1. The number of ether oxygens (including phenoxy) is 1. The lowest BCUT2D eigenvalue weighted by molar-refractivity contribution is -0.0373. The van der Waals surface area contributed by atoms with E-state index >= 15 is 0 Å². The fourth-order valence-corrected chi connectivity index (χ4v) is 2.97. The average Bonchev–Trinajstić information content (AvgIpc) is 2.83. The van der Waals surface area contributed by atoms with Gasteiger partial charge in [0.25, 0.3) is 0 Å². The Bertz CT molecular complexity index is 637. The van der Waals surface area contributed by atoms with Gasteiger partial charge >= 0.3 is 0 Å². The van der Waals surface area contributed by atoms with Crippen LogP contribution in [-0.4, -0.2) is 48.3 Å². The van der Waals surface area contributed by atoms with Crippen molar-refractivity contribution in [3.63, 3.8) is 0 Å². The Morgan fingerprint density at radius 1 is 1.37 bits per heavy atom. The van der Waals surface area contributed by atoms with Gasteiger partial charge in [-0.05, 0) is 22.9 Å². The van der Waals surface area contributed by atoms with Gasteiger partial charge in [-0.15, -0.1) is 0 Å². The maximum absolute atomic E-state index is 9.99. The fraction of sp³-hybridized carbons (Fsp3) is 0.500. The molecule has 2 N–H and O–H groups in total. The van der Waals surface area contributed by atoms with Crippen molar-refractivity contribution in [1.82, 2.24) is 19.7 Å². The van der Waals surface area contributed by atoms with Crippen LogP contribution in [0.25, 0.3) is 11.0 Å². The molecule has 0 unspecified atom stereocenters. The maximum Gasteiger partial charge on any atom is 0.181 e. The molecule has 2 aromatic heterocycles. The molecule has 1 aliphatic rings. The number of rotatable bonds is 1. The van der Waals surface area contributed by atoms with Crippen molar-refractivity contribution in [2.75, 3.05) is 0 Å². The molecule has 1 fully saturated rings. The van der Waals surface area contributed by atoms with Crippen molar-refractivity contribution in [2.45, 2.75) is 31.5 Å². The standard InChI is InChI=1S/C10H10BrClN4O3/c1-3-5(17)6(18)10(19-3)16-9-4(7(11)15-16)8(12)13-2-14-9/h2-3,5-6,10,17-18H,1H3/t3-,5+,6+,10-/m1/s1. The number of hydrogen-bond acceptors (Lipinski definition) is 6. The highest BCUT2D eigenvalue weighted by Crippen LogP contribution is 2.34. The lowest BCUT2D eigenvalue weighted by Crippen LogP contribution is -2.30. The van der Waals surface area contributed by atoms with E-state index in [1.54, 1.807) is 6.92 Å². The molecule has 3 rings (SSSR count). The summed E-state index contributed by atoms with van der Waals surface area (Å²) >= 11 is 9.26. The Morgan fingerprint density at radius 2 is 2.11 bits per heavy atom.